The number of nitrogens with two attached hydrogens (primary N) is 1. The molecule has 5 atom stereocenters. The van der Waals surface area contributed by atoms with E-state index in [1.165, 1.54) is 13.4 Å². The zero-order chi connectivity index (χ0) is 20.3. The second-order valence-corrected chi connectivity index (χ2v) is 9.00. The van der Waals surface area contributed by atoms with Gasteiger partial charge in [-0.2, -0.15) is 0 Å². The number of nitrogens with zero attached hydrogens (tertiary/aromatic N) is 4. The lowest BCUT2D eigenvalue weighted by Gasteiger charge is -2.27. The van der Waals surface area contributed by atoms with Crippen molar-refractivity contribution in [2.45, 2.75) is 37.9 Å². The molecule has 0 aromatic carbocycles. The van der Waals surface area contributed by atoms with Gasteiger partial charge in [-0.25, -0.2) is 15.0 Å². The van der Waals surface area contributed by atoms with Crippen molar-refractivity contribution in [2.24, 2.45) is 0 Å². The van der Waals surface area contributed by atoms with E-state index in [0.717, 1.165) is 0 Å². The average molecular weight is 433 g/mol. The number of rotatable bonds is 9. The van der Waals surface area contributed by atoms with Gasteiger partial charge in [0.05, 0.1) is 25.6 Å². The fourth-order valence-electron chi connectivity index (χ4n) is 3.09. The molecule has 0 aliphatic carbocycles. The van der Waals surface area contributed by atoms with Crippen molar-refractivity contribution in [1.82, 2.24) is 19.5 Å². The Morgan fingerprint density at radius 2 is 2.07 bits per heavy atom. The normalized spacial score (nSPS) is 27.3. The van der Waals surface area contributed by atoms with Crippen LogP contribution < -0.4 is 5.73 Å². The molecule has 2 aromatic heterocycles. The van der Waals surface area contributed by atoms with E-state index in [0.29, 0.717) is 30.8 Å². The molecule has 1 fully saturated rings. The van der Waals surface area contributed by atoms with Crippen LogP contribution in [0.2, 0.25) is 0 Å². The highest BCUT2D eigenvalue weighted by Crippen LogP contribution is 2.49. The minimum atomic E-state index is -3.44. The minimum absolute atomic E-state index is 0.267. The monoisotopic (exact) mass is 433 g/mol. The summed E-state index contributed by atoms with van der Waals surface area (Å²) in [6.07, 6.45) is 1.24. The number of imidazole rings is 1. The number of ether oxygens (including phenoxy) is 3. The average Bonchev–Trinajstić information content (AvgIpc) is 3.24. The first-order chi connectivity index (χ1) is 13.4. The van der Waals surface area contributed by atoms with Gasteiger partial charge in [0.25, 0.3) is 0 Å². The van der Waals surface area contributed by atoms with Gasteiger partial charge in [0.2, 0.25) is 0 Å². The summed E-state index contributed by atoms with van der Waals surface area (Å²) in [5, 5.41) is 0. The summed E-state index contributed by atoms with van der Waals surface area (Å²) >= 11 is 5.03. The lowest BCUT2D eigenvalue weighted by atomic mass is 10.1. The van der Waals surface area contributed by atoms with Crippen LogP contribution >= 0.6 is 6.72 Å². The number of methoxy groups -OCH3 is 1. The summed E-state index contributed by atoms with van der Waals surface area (Å²) in [6, 6.07) is 0. The molecular weight excluding hydrogens is 409 g/mol. The van der Waals surface area contributed by atoms with E-state index < -0.39 is 25.2 Å². The molecule has 11 nitrogen and oxygen atoms in total. The van der Waals surface area contributed by atoms with Crippen LogP contribution in [0.25, 0.3) is 11.2 Å². The van der Waals surface area contributed by atoms with Gasteiger partial charge >= 0.3 is 6.72 Å². The maximum Gasteiger partial charge on any atom is 0.324 e. The predicted molar refractivity (Wildman–Crippen MR) is 104 cm³/mol. The van der Waals surface area contributed by atoms with Crippen molar-refractivity contribution in [3.63, 3.8) is 0 Å². The van der Waals surface area contributed by atoms with Crippen LogP contribution in [0.3, 0.4) is 0 Å². The second-order valence-electron chi connectivity index (χ2n) is 6.11. The molecule has 0 bridgehead atoms. The van der Waals surface area contributed by atoms with E-state index in [4.69, 9.17) is 40.8 Å². The lowest BCUT2D eigenvalue weighted by Crippen LogP contribution is -2.36. The zero-order valence-corrected chi connectivity index (χ0v) is 17.5. The first-order valence-corrected chi connectivity index (χ1v) is 11.3. The van der Waals surface area contributed by atoms with Crippen LogP contribution in [0, 0.1) is 0 Å². The quantitative estimate of drug-likeness (QED) is 0.433. The van der Waals surface area contributed by atoms with E-state index in [1.54, 1.807) is 18.0 Å². The molecule has 28 heavy (non-hydrogen) atoms. The Morgan fingerprint density at radius 3 is 2.75 bits per heavy atom. The topological polar surface area (TPSA) is 136 Å². The predicted octanol–water partition coefficient (Wildman–Crippen LogP) is 0.996. The zero-order valence-electron chi connectivity index (χ0n) is 15.8. The van der Waals surface area contributed by atoms with Crippen molar-refractivity contribution in [1.29, 1.82) is 0 Å². The summed E-state index contributed by atoms with van der Waals surface area (Å²) in [5.41, 5.74) is 6.85. The molecule has 0 saturated carbocycles. The van der Waals surface area contributed by atoms with Crippen molar-refractivity contribution in [3.8, 4) is 0 Å². The molecule has 1 aliphatic rings. The standard InChI is InChI=1S/C15H24N5O6PS/c1-4-9-11(26-27(21,28)23-3)12(24-6-5-22-2)15(25-9)20-8-19-10-13(16)17-7-18-14(10)20/h7-9,11-12,15H,4-6H2,1-3H3,(H,21,28)(H2,16,17,18)/t9-,11?,12?,15-,27?/m1/s1. The summed E-state index contributed by atoms with van der Waals surface area (Å²) < 4.78 is 29.7. The molecule has 3 N–H and O–H groups in total. The Bertz CT molecular complexity index is 853. The van der Waals surface area contributed by atoms with E-state index in [-0.39, 0.29) is 11.9 Å². The van der Waals surface area contributed by atoms with Gasteiger partial charge in [0, 0.05) is 14.2 Å². The highest BCUT2D eigenvalue weighted by atomic mass is 32.5. The van der Waals surface area contributed by atoms with Gasteiger partial charge in [-0.05, 0) is 18.2 Å². The second kappa shape index (κ2) is 9.06. The van der Waals surface area contributed by atoms with E-state index >= 15 is 0 Å². The number of nitrogen functional groups attached to an aromatic ring is 1. The molecule has 1 aliphatic heterocycles. The molecule has 156 valence electrons. The molecule has 0 spiro atoms. The Kier molecular flexibility index (Phi) is 6.94. The Morgan fingerprint density at radius 1 is 1.29 bits per heavy atom. The van der Waals surface area contributed by atoms with Crippen LogP contribution in [-0.4, -0.2) is 70.2 Å². The maximum absolute atomic E-state index is 10.2. The molecule has 3 unspecified atom stereocenters. The van der Waals surface area contributed by atoms with E-state index in [2.05, 4.69) is 15.0 Å². The molecular formula is C15H24N5O6PS. The van der Waals surface area contributed by atoms with Crippen LogP contribution in [0.15, 0.2) is 12.7 Å². The number of hydrogen-bond donors (Lipinski definition) is 2. The third-order valence-corrected chi connectivity index (χ3v) is 6.11. The first kappa shape index (κ1) is 21.5. The molecule has 3 heterocycles. The smallest absolute Gasteiger partial charge is 0.324 e. The maximum atomic E-state index is 10.2. The molecule has 1 saturated heterocycles. The summed E-state index contributed by atoms with van der Waals surface area (Å²) in [5.74, 6) is 0.267. The SMILES string of the molecule is CC[C@H]1O[C@@H](n2cnc3c(N)ncnc32)C(OCCOC)C1OP(O)(=S)OC. The van der Waals surface area contributed by atoms with Gasteiger partial charge in [-0.1, -0.05) is 6.92 Å². The molecule has 13 heteroatoms. The largest absolute Gasteiger partial charge is 0.382 e. The highest BCUT2D eigenvalue weighted by Gasteiger charge is 2.49. The van der Waals surface area contributed by atoms with Crippen LogP contribution in [0.5, 0.6) is 0 Å². The Balaban J connectivity index is 1.97. The third kappa shape index (κ3) is 4.34. The fraction of sp³-hybridized carbons (Fsp3) is 0.667. The number of anilines is 1. The minimum Gasteiger partial charge on any atom is -0.382 e. The third-order valence-electron chi connectivity index (χ3n) is 4.43. The summed E-state index contributed by atoms with van der Waals surface area (Å²) in [7, 11) is 2.88. The van der Waals surface area contributed by atoms with Crippen molar-refractivity contribution >= 4 is 35.5 Å². The summed E-state index contributed by atoms with van der Waals surface area (Å²) in [6.45, 7) is -0.824. The Hall–Kier alpha value is -1.24. The molecule has 0 radical (unpaired) electrons. The highest BCUT2D eigenvalue weighted by molar-refractivity contribution is 8.07. The molecule has 2 aromatic rings. The van der Waals surface area contributed by atoms with Gasteiger partial charge in [-0.15, -0.1) is 0 Å². The van der Waals surface area contributed by atoms with Gasteiger partial charge in [0.1, 0.15) is 24.1 Å². The van der Waals surface area contributed by atoms with Crippen molar-refractivity contribution in [2.75, 3.05) is 33.2 Å². The molecule has 3 rings (SSSR count). The number of aromatic nitrogens is 4. The number of fused-ring (bicyclic) bond motifs is 1. The van der Waals surface area contributed by atoms with Gasteiger partial charge in [-0.3, -0.25) is 9.09 Å². The van der Waals surface area contributed by atoms with Gasteiger partial charge in [0.15, 0.2) is 17.7 Å². The van der Waals surface area contributed by atoms with E-state index in [9.17, 15) is 4.89 Å². The van der Waals surface area contributed by atoms with Crippen molar-refractivity contribution in [3.05, 3.63) is 12.7 Å². The number of hydrogen-bond acceptors (Lipinski definition) is 10. The van der Waals surface area contributed by atoms with Crippen molar-refractivity contribution < 1.29 is 28.2 Å². The van der Waals surface area contributed by atoms with Gasteiger partial charge < -0.3 is 29.4 Å². The van der Waals surface area contributed by atoms with Crippen LogP contribution in [0.4, 0.5) is 5.82 Å². The first-order valence-electron chi connectivity index (χ1n) is 8.67. The summed E-state index contributed by atoms with van der Waals surface area (Å²) in [4.78, 5) is 22.7. The van der Waals surface area contributed by atoms with Crippen LogP contribution in [-0.2, 0) is 35.1 Å². The van der Waals surface area contributed by atoms with Crippen LogP contribution in [0.1, 0.15) is 19.6 Å². The molecule has 0 amide bonds. The lowest BCUT2D eigenvalue weighted by molar-refractivity contribution is -0.0753. The Labute approximate surface area is 167 Å². The fourth-order valence-corrected chi connectivity index (χ4v) is 4.03. The van der Waals surface area contributed by atoms with E-state index in [1.807, 2.05) is 6.92 Å².